The molecule has 3 unspecified atom stereocenters. The average Bonchev–Trinajstić information content (AvgIpc) is 3.01. The van der Waals surface area contributed by atoms with Gasteiger partial charge >= 0.3 is 5.97 Å². The maximum Gasteiger partial charge on any atom is 0.310 e. The molecule has 3 atom stereocenters. The lowest BCUT2D eigenvalue weighted by Gasteiger charge is -2.20. The van der Waals surface area contributed by atoms with Crippen LogP contribution in [0.2, 0.25) is 0 Å². The first-order valence-corrected chi connectivity index (χ1v) is 7.22. The molecule has 1 aromatic rings. The summed E-state index contributed by atoms with van der Waals surface area (Å²) in [6, 6.07) is 8.21. The second-order valence-corrected chi connectivity index (χ2v) is 5.88. The summed E-state index contributed by atoms with van der Waals surface area (Å²) in [4.78, 5) is 14.0. The molecule has 0 amide bonds. The fraction of sp³-hybridized carbons (Fsp3) is 0.562. The molecule has 4 heteroatoms. The molecule has 0 radical (unpaired) electrons. The highest BCUT2D eigenvalue weighted by Crippen LogP contribution is 2.30. The Morgan fingerprint density at radius 1 is 1.40 bits per heavy atom. The molecule has 108 valence electrons. The summed E-state index contributed by atoms with van der Waals surface area (Å²) in [6.07, 6.45) is 1.17. The minimum Gasteiger partial charge on any atom is -0.488 e. The number of methoxy groups -OCH3 is 1. The van der Waals surface area contributed by atoms with E-state index in [4.69, 9.17) is 9.47 Å². The number of rotatable bonds is 3. The molecule has 1 fully saturated rings. The molecule has 4 nitrogen and oxygen atoms in total. The maximum absolute atomic E-state index is 11.7. The third kappa shape index (κ3) is 2.52. The molecule has 0 N–H and O–H groups in total. The smallest absolute Gasteiger partial charge is 0.310 e. The number of carbonyl (C=O) groups excluding carboxylic acids is 1. The Balaban J connectivity index is 1.57. The van der Waals surface area contributed by atoms with Crippen molar-refractivity contribution >= 4 is 5.97 Å². The number of para-hydroxylation sites is 1. The number of benzene rings is 1. The van der Waals surface area contributed by atoms with E-state index in [-0.39, 0.29) is 18.0 Å². The zero-order valence-electron chi connectivity index (χ0n) is 12.0. The van der Waals surface area contributed by atoms with E-state index in [1.165, 1.54) is 12.7 Å². The molecule has 2 aliphatic heterocycles. The standard InChI is InChI=1S/C16H21NO3/c1-11-8-17(10-14(11)16(18)19-2)9-13-7-12-5-3-4-6-15(12)20-13/h3-6,11,13-14H,7-10H2,1-2H3. The summed E-state index contributed by atoms with van der Waals surface area (Å²) in [5.74, 6) is 1.28. The summed E-state index contributed by atoms with van der Waals surface area (Å²) in [7, 11) is 1.47. The van der Waals surface area contributed by atoms with Crippen molar-refractivity contribution in [1.29, 1.82) is 0 Å². The van der Waals surface area contributed by atoms with Gasteiger partial charge in [0, 0.05) is 26.1 Å². The number of carbonyl (C=O) groups is 1. The molecule has 1 aromatic carbocycles. The molecule has 0 aliphatic carbocycles. The van der Waals surface area contributed by atoms with Crippen molar-refractivity contribution in [1.82, 2.24) is 4.90 Å². The Bertz CT molecular complexity index is 477. The normalized spacial score (nSPS) is 29.0. The van der Waals surface area contributed by atoms with Gasteiger partial charge in [-0.1, -0.05) is 25.1 Å². The second-order valence-electron chi connectivity index (χ2n) is 5.88. The quantitative estimate of drug-likeness (QED) is 0.788. The monoisotopic (exact) mass is 275 g/mol. The first-order valence-electron chi connectivity index (χ1n) is 7.22. The fourth-order valence-electron chi connectivity index (χ4n) is 3.32. The van der Waals surface area contributed by atoms with Gasteiger partial charge < -0.3 is 9.47 Å². The largest absolute Gasteiger partial charge is 0.488 e. The zero-order valence-corrected chi connectivity index (χ0v) is 12.0. The van der Waals surface area contributed by atoms with Crippen molar-refractivity contribution in [3.63, 3.8) is 0 Å². The molecule has 0 saturated carbocycles. The van der Waals surface area contributed by atoms with Crippen LogP contribution < -0.4 is 4.74 Å². The third-order valence-corrected chi connectivity index (χ3v) is 4.37. The molecule has 0 bridgehead atoms. The average molecular weight is 275 g/mol. The minimum absolute atomic E-state index is 0.00350. The van der Waals surface area contributed by atoms with Crippen LogP contribution in [0.25, 0.3) is 0 Å². The molecule has 1 saturated heterocycles. The summed E-state index contributed by atoms with van der Waals surface area (Å²) >= 11 is 0. The van der Waals surface area contributed by atoms with Crippen LogP contribution in [0.15, 0.2) is 24.3 Å². The predicted octanol–water partition coefficient (Wildman–Crippen LogP) is 1.73. The number of hydrogen-bond acceptors (Lipinski definition) is 4. The van der Waals surface area contributed by atoms with Gasteiger partial charge in [-0.3, -0.25) is 9.69 Å². The summed E-state index contributed by atoms with van der Waals surface area (Å²) in [5, 5.41) is 0. The van der Waals surface area contributed by atoms with E-state index in [0.29, 0.717) is 5.92 Å². The number of ether oxygens (including phenoxy) is 2. The lowest BCUT2D eigenvalue weighted by Crippen LogP contribution is -2.34. The molecule has 3 rings (SSSR count). The zero-order chi connectivity index (χ0) is 14.1. The van der Waals surface area contributed by atoms with Crippen molar-refractivity contribution in [2.24, 2.45) is 11.8 Å². The molecule has 2 aliphatic rings. The Morgan fingerprint density at radius 2 is 2.20 bits per heavy atom. The topological polar surface area (TPSA) is 38.8 Å². The van der Waals surface area contributed by atoms with Crippen molar-refractivity contribution in [3.05, 3.63) is 29.8 Å². The van der Waals surface area contributed by atoms with Gasteiger partial charge in [0.05, 0.1) is 13.0 Å². The first kappa shape index (κ1) is 13.4. The Hall–Kier alpha value is -1.55. The van der Waals surface area contributed by atoms with Gasteiger partial charge in [0.25, 0.3) is 0 Å². The number of nitrogens with zero attached hydrogens (tertiary/aromatic N) is 1. The van der Waals surface area contributed by atoms with Gasteiger partial charge in [0.15, 0.2) is 0 Å². The lowest BCUT2D eigenvalue weighted by atomic mass is 9.99. The summed E-state index contributed by atoms with van der Waals surface area (Å²) in [6.45, 7) is 4.72. The van der Waals surface area contributed by atoms with Crippen molar-refractivity contribution in [2.45, 2.75) is 19.4 Å². The van der Waals surface area contributed by atoms with E-state index in [1.54, 1.807) is 0 Å². The molecule has 0 aromatic heterocycles. The van der Waals surface area contributed by atoms with Crippen LogP contribution in [0.3, 0.4) is 0 Å². The Labute approximate surface area is 119 Å². The molecule has 2 heterocycles. The van der Waals surface area contributed by atoms with Gasteiger partial charge in [-0.25, -0.2) is 0 Å². The van der Waals surface area contributed by atoms with E-state index in [1.807, 2.05) is 12.1 Å². The molecule has 20 heavy (non-hydrogen) atoms. The highest BCUT2D eigenvalue weighted by Gasteiger charge is 2.37. The van der Waals surface area contributed by atoms with Gasteiger partial charge in [0.1, 0.15) is 11.9 Å². The number of likely N-dealkylation sites (tertiary alicyclic amines) is 1. The van der Waals surface area contributed by atoms with Crippen LogP contribution in [-0.2, 0) is 16.0 Å². The predicted molar refractivity (Wildman–Crippen MR) is 75.7 cm³/mol. The van der Waals surface area contributed by atoms with Crippen LogP contribution in [0.4, 0.5) is 0 Å². The van der Waals surface area contributed by atoms with Crippen LogP contribution in [0.1, 0.15) is 12.5 Å². The third-order valence-electron chi connectivity index (χ3n) is 4.37. The number of esters is 1. The maximum atomic E-state index is 11.7. The Morgan fingerprint density at radius 3 is 2.95 bits per heavy atom. The summed E-state index contributed by atoms with van der Waals surface area (Å²) in [5.41, 5.74) is 1.29. The fourth-order valence-corrected chi connectivity index (χ4v) is 3.32. The van der Waals surface area contributed by atoms with Gasteiger partial charge in [-0.15, -0.1) is 0 Å². The first-order chi connectivity index (χ1) is 9.67. The van der Waals surface area contributed by atoms with Crippen molar-refractivity contribution in [3.8, 4) is 5.75 Å². The SMILES string of the molecule is COC(=O)C1CN(CC2Cc3ccccc3O2)CC1C. The van der Waals surface area contributed by atoms with Crippen molar-refractivity contribution in [2.75, 3.05) is 26.7 Å². The Kier molecular flexibility index (Phi) is 3.66. The summed E-state index contributed by atoms with van der Waals surface area (Å²) < 4.78 is 10.8. The lowest BCUT2D eigenvalue weighted by molar-refractivity contribution is -0.146. The van der Waals surface area contributed by atoms with E-state index in [0.717, 1.165) is 31.8 Å². The van der Waals surface area contributed by atoms with E-state index >= 15 is 0 Å². The molecule has 0 spiro atoms. The number of fused-ring (bicyclic) bond motifs is 1. The van der Waals surface area contributed by atoms with Crippen LogP contribution in [0.5, 0.6) is 5.75 Å². The van der Waals surface area contributed by atoms with E-state index < -0.39 is 0 Å². The molecular weight excluding hydrogens is 254 g/mol. The minimum atomic E-state index is -0.0874. The highest BCUT2D eigenvalue weighted by molar-refractivity contribution is 5.73. The van der Waals surface area contributed by atoms with Gasteiger partial charge in [-0.05, 0) is 17.5 Å². The van der Waals surface area contributed by atoms with Crippen LogP contribution in [0, 0.1) is 11.8 Å². The van der Waals surface area contributed by atoms with E-state index in [9.17, 15) is 4.79 Å². The van der Waals surface area contributed by atoms with Gasteiger partial charge in [-0.2, -0.15) is 0 Å². The second kappa shape index (κ2) is 5.44. The van der Waals surface area contributed by atoms with E-state index in [2.05, 4.69) is 24.0 Å². The number of hydrogen-bond donors (Lipinski definition) is 0. The van der Waals surface area contributed by atoms with Crippen LogP contribution >= 0.6 is 0 Å². The van der Waals surface area contributed by atoms with Crippen molar-refractivity contribution < 1.29 is 14.3 Å². The highest BCUT2D eigenvalue weighted by atomic mass is 16.5. The van der Waals surface area contributed by atoms with Crippen LogP contribution in [-0.4, -0.2) is 43.7 Å². The van der Waals surface area contributed by atoms with Gasteiger partial charge in [0.2, 0.25) is 0 Å². The molecular formula is C16H21NO3.